The Kier molecular flexibility index (Phi) is 8.67. The Balaban J connectivity index is 1.33. The molecule has 2 aromatic carbocycles. The van der Waals surface area contributed by atoms with Gasteiger partial charge in [-0.1, -0.05) is 41.4 Å². The Morgan fingerprint density at radius 3 is 2.66 bits per heavy atom. The van der Waals surface area contributed by atoms with Crippen molar-refractivity contribution in [2.24, 2.45) is 5.92 Å². The van der Waals surface area contributed by atoms with Crippen molar-refractivity contribution in [3.05, 3.63) is 69.5 Å². The molecule has 3 nitrogen and oxygen atoms in total. The van der Waals surface area contributed by atoms with Crippen molar-refractivity contribution >= 4 is 40.9 Å². The topological polar surface area (TPSA) is 32.3 Å². The number of carbonyl (C=O) groups is 1. The van der Waals surface area contributed by atoms with Gasteiger partial charge in [-0.15, -0.1) is 0 Å². The smallest absolute Gasteiger partial charge is 0.223 e. The van der Waals surface area contributed by atoms with Crippen molar-refractivity contribution in [1.29, 1.82) is 0 Å². The molecule has 0 aliphatic carbocycles. The largest absolute Gasteiger partial charge is 0.355 e. The number of hydrogen-bond donors (Lipinski definition) is 1. The summed E-state index contributed by atoms with van der Waals surface area (Å²) in [7, 11) is 0. The molecule has 1 fully saturated rings. The number of hydrogen-bond acceptors (Lipinski definition) is 3. The van der Waals surface area contributed by atoms with Gasteiger partial charge in [0.25, 0.3) is 0 Å². The van der Waals surface area contributed by atoms with Gasteiger partial charge in [0.1, 0.15) is 5.82 Å². The molecule has 0 unspecified atom stereocenters. The number of likely N-dealkylation sites (tertiary alicyclic amines) is 1. The predicted molar refractivity (Wildman–Crippen MR) is 120 cm³/mol. The maximum atomic E-state index is 14.0. The van der Waals surface area contributed by atoms with Gasteiger partial charge in [-0.2, -0.15) is 11.8 Å². The van der Waals surface area contributed by atoms with Crippen LogP contribution in [-0.4, -0.2) is 36.2 Å². The fraction of sp³-hybridized carbons (Fsp3) is 0.409. The van der Waals surface area contributed by atoms with Crippen LogP contribution in [0.2, 0.25) is 10.0 Å². The number of nitrogens with one attached hydrogen (secondary N) is 1. The summed E-state index contributed by atoms with van der Waals surface area (Å²) in [4.78, 5) is 14.6. The Hall–Kier alpha value is -1.27. The molecular formula is C22H25Cl2FN2OS. The first-order chi connectivity index (χ1) is 14.0. The van der Waals surface area contributed by atoms with E-state index in [1.54, 1.807) is 23.9 Å². The maximum Gasteiger partial charge on any atom is 0.223 e. The van der Waals surface area contributed by atoms with Crippen molar-refractivity contribution in [2.45, 2.75) is 25.1 Å². The molecule has 29 heavy (non-hydrogen) atoms. The van der Waals surface area contributed by atoms with Gasteiger partial charge in [-0.3, -0.25) is 9.69 Å². The Morgan fingerprint density at radius 1 is 1.17 bits per heavy atom. The molecule has 0 spiro atoms. The molecular weight excluding hydrogens is 430 g/mol. The van der Waals surface area contributed by atoms with Crippen molar-refractivity contribution in [3.63, 3.8) is 0 Å². The number of carbonyl (C=O) groups excluding carboxylic acids is 1. The van der Waals surface area contributed by atoms with Gasteiger partial charge >= 0.3 is 0 Å². The number of amides is 1. The van der Waals surface area contributed by atoms with E-state index in [9.17, 15) is 9.18 Å². The zero-order valence-electron chi connectivity index (χ0n) is 16.2. The van der Waals surface area contributed by atoms with E-state index in [1.165, 1.54) is 11.6 Å². The van der Waals surface area contributed by atoms with Gasteiger partial charge in [-0.05, 0) is 55.8 Å². The van der Waals surface area contributed by atoms with Crippen LogP contribution in [0, 0.1) is 11.7 Å². The van der Waals surface area contributed by atoms with Crippen LogP contribution in [0.15, 0.2) is 42.5 Å². The first-order valence-electron chi connectivity index (χ1n) is 9.78. The Labute approximate surface area is 185 Å². The van der Waals surface area contributed by atoms with Crippen molar-refractivity contribution in [3.8, 4) is 0 Å². The van der Waals surface area contributed by atoms with Crippen LogP contribution in [0.5, 0.6) is 0 Å². The third-order valence-electron chi connectivity index (χ3n) is 5.11. The Morgan fingerprint density at radius 2 is 1.93 bits per heavy atom. The average molecular weight is 455 g/mol. The van der Waals surface area contributed by atoms with Gasteiger partial charge in [0.15, 0.2) is 0 Å². The van der Waals surface area contributed by atoms with E-state index in [0.717, 1.165) is 42.5 Å². The zero-order chi connectivity index (χ0) is 20.6. The summed E-state index contributed by atoms with van der Waals surface area (Å²) >= 11 is 13.9. The highest BCUT2D eigenvalue weighted by atomic mass is 35.5. The third kappa shape index (κ3) is 6.88. The molecule has 1 aliphatic heterocycles. The molecule has 0 atom stereocenters. The molecule has 0 bridgehead atoms. The molecule has 1 aliphatic rings. The highest BCUT2D eigenvalue weighted by Crippen LogP contribution is 2.24. The standard InChI is InChI=1S/C22H25Cl2FN2OS/c23-18-4-1-3-16(13-18)15-29-12-9-26-22(28)17-7-10-27(11-8-17)14-19-20(24)5-2-6-21(19)25/h1-6,13,17H,7-12,14-15H2,(H,26,28). The minimum absolute atomic E-state index is 0.0280. The minimum atomic E-state index is -0.271. The fourth-order valence-corrected chi connectivity index (χ4v) is 4.71. The van der Waals surface area contributed by atoms with Crippen LogP contribution in [-0.2, 0) is 17.1 Å². The molecule has 0 radical (unpaired) electrons. The minimum Gasteiger partial charge on any atom is -0.355 e. The van der Waals surface area contributed by atoms with Crippen molar-refractivity contribution in [2.75, 3.05) is 25.4 Å². The van der Waals surface area contributed by atoms with E-state index in [4.69, 9.17) is 23.2 Å². The lowest BCUT2D eigenvalue weighted by atomic mass is 9.95. The van der Waals surface area contributed by atoms with Crippen LogP contribution < -0.4 is 5.32 Å². The highest BCUT2D eigenvalue weighted by Gasteiger charge is 2.25. The van der Waals surface area contributed by atoms with Crippen LogP contribution in [0.3, 0.4) is 0 Å². The molecule has 0 aromatic heterocycles. The summed E-state index contributed by atoms with van der Waals surface area (Å²) in [6.07, 6.45) is 1.57. The van der Waals surface area contributed by atoms with E-state index in [1.807, 2.05) is 18.2 Å². The van der Waals surface area contributed by atoms with E-state index in [2.05, 4.69) is 16.3 Å². The van der Waals surface area contributed by atoms with Crippen LogP contribution >= 0.6 is 35.0 Å². The molecule has 1 heterocycles. The third-order valence-corrected chi connectivity index (χ3v) is 6.72. The summed E-state index contributed by atoms with van der Waals surface area (Å²) in [5, 5.41) is 4.26. The molecule has 156 valence electrons. The second-order valence-corrected chi connectivity index (χ2v) is 9.17. The quantitative estimate of drug-likeness (QED) is 0.542. The Bertz CT molecular complexity index is 808. The van der Waals surface area contributed by atoms with Crippen molar-refractivity contribution in [1.82, 2.24) is 10.2 Å². The molecule has 2 aromatic rings. The van der Waals surface area contributed by atoms with Crippen LogP contribution in [0.1, 0.15) is 24.0 Å². The van der Waals surface area contributed by atoms with Gasteiger partial charge in [0, 0.05) is 46.1 Å². The predicted octanol–water partition coefficient (Wildman–Crippen LogP) is 5.39. The normalized spacial score (nSPS) is 15.4. The lowest BCUT2D eigenvalue weighted by Gasteiger charge is -2.31. The zero-order valence-corrected chi connectivity index (χ0v) is 18.5. The molecule has 1 saturated heterocycles. The van der Waals surface area contributed by atoms with Crippen molar-refractivity contribution < 1.29 is 9.18 Å². The number of nitrogens with zero attached hydrogens (tertiary/aromatic N) is 1. The summed E-state index contributed by atoms with van der Waals surface area (Å²) in [5.41, 5.74) is 1.73. The van der Waals surface area contributed by atoms with E-state index in [0.29, 0.717) is 23.7 Å². The average Bonchev–Trinajstić information content (AvgIpc) is 2.71. The van der Waals surface area contributed by atoms with E-state index in [-0.39, 0.29) is 17.6 Å². The first kappa shape index (κ1) is 22.4. The summed E-state index contributed by atoms with van der Waals surface area (Å²) in [6, 6.07) is 12.6. The molecule has 7 heteroatoms. The summed E-state index contributed by atoms with van der Waals surface area (Å²) in [6.45, 7) is 2.69. The molecule has 1 amide bonds. The maximum absolute atomic E-state index is 14.0. The van der Waals surface area contributed by atoms with Gasteiger partial charge in [0.05, 0.1) is 0 Å². The van der Waals surface area contributed by atoms with Gasteiger partial charge in [-0.25, -0.2) is 4.39 Å². The lowest BCUT2D eigenvalue weighted by Crippen LogP contribution is -2.40. The van der Waals surface area contributed by atoms with E-state index < -0.39 is 0 Å². The number of piperidine rings is 1. The molecule has 0 saturated carbocycles. The number of benzene rings is 2. The molecule has 3 rings (SSSR count). The second kappa shape index (κ2) is 11.2. The number of rotatable bonds is 8. The fourth-order valence-electron chi connectivity index (χ4n) is 3.47. The van der Waals surface area contributed by atoms with Gasteiger partial charge in [0.2, 0.25) is 5.91 Å². The highest BCUT2D eigenvalue weighted by molar-refractivity contribution is 7.98. The summed E-state index contributed by atoms with van der Waals surface area (Å²) in [5.74, 6) is 1.63. The lowest BCUT2D eigenvalue weighted by molar-refractivity contribution is -0.126. The van der Waals surface area contributed by atoms with Crippen LogP contribution in [0.4, 0.5) is 4.39 Å². The SMILES string of the molecule is O=C(NCCSCc1cccc(Cl)c1)C1CCN(Cc2c(F)cccc2Cl)CC1. The van der Waals surface area contributed by atoms with E-state index >= 15 is 0 Å². The second-order valence-electron chi connectivity index (χ2n) is 7.22. The van der Waals surface area contributed by atoms with Gasteiger partial charge < -0.3 is 5.32 Å². The monoisotopic (exact) mass is 454 g/mol. The number of halogens is 3. The summed E-state index contributed by atoms with van der Waals surface area (Å²) < 4.78 is 14.0. The number of thioether (sulfide) groups is 1. The molecule has 1 N–H and O–H groups in total. The van der Waals surface area contributed by atoms with Crippen LogP contribution in [0.25, 0.3) is 0 Å². The first-order valence-corrected chi connectivity index (χ1v) is 11.7.